The van der Waals surface area contributed by atoms with Crippen molar-refractivity contribution >= 4 is 39.4 Å². The molecule has 1 N–H and O–H groups in total. The fraction of sp³-hybridized carbons (Fsp3) is 0.429. The first kappa shape index (κ1) is 13.9. The molecule has 0 spiro atoms. The van der Waals surface area contributed by atoms with Crippen LogP contribution in [0.5, 0.6) is 0 Å². The Morgan fingerprint density at radius 2 is 2.05 bits per heavy atom. The largest absolute Gasteiger partial charge is 0.481 e. The first-order chi connectivity index (χ1) is 9.47. The molecule has 20 heavy (non-hydrogen) atoms. The summed E-state index contributed by atoms with van der Waals surface area (Å²) in [4.78, 5) is 25.6. The summed E-state index contributed by atoms with van der Waals surface area (Å²) in [6, 6.07) is 4.94. The van der Waals surface area contributed by atoms with Crippen molar-refractivity contribution in [3.05, 3.63) is 33.3 Å². The molecule has 2 aliphatic heterocycles. The molecule has 2 saturated heterocycles. The number of aliphatic carboxylic acids is 1. The van der Waals surface area contributed by atoms with Crippen LogP contribution in [0.1, 0.15) is 29.6 Å². The smallest absolute Gasteiger partial charge is 0.308 e. The Bertz CT molecular complexity index is 572. The highest BCUT2D eigenvalue weighted by molar-refractivity contribution is 9.10. The van der Waals surface area contributed by atoms with E-state index in [4.69, 9.17) is 11.6 Å². The van der Waals surface area contributed by atoms with Crippen LogP contribution in [-0.2, 0) is 4.79 Å². The third-order valence-electron chi connectivity index (χ3n) is 4.20. The van der Waals surface area contributed by atoms with Crippen LogP contribution in [0.25, 0.3) is 0 Å². The van der Waals surface area contributed by atoms with Gasteiger partial charge in [-0.2, -0.15) is 0 Å². The van der Waals surface area contributed by atoms with Crippen LogP contribution in [0.2, 0.25) is 5.02 Å². The summed E-state index contributed by atoms with van der Waals surface area (Å²) >= 11 is 9.30. The lowest BCUT2D eigenvalue weighted by Gasteiger charge is -2.23. The topological polar surface area (TPSA) is 57.6 Å². The van der Waals surface area contributed by atoms with Gasteiger partial charge in [0.1, 0.15) is 0 Å². The second-order valence-corrected chi connectivity index (χ2v) is 6.70. The summed E-state index contributed by atoms with van der Waals surface area (Å²) in [5, 5.41) is 9.72. The number of halogens is 2. The van der Waals surface area contributed by atoms with Gasteiger partial charge in [-0.25, -0.2) is 0 Å². The van der Waals surface area contributed by atoms with Crippen LogP contribution in [0.15, 0.2) is 22.7 Å². The van der Waals surface area contributed by atoms with E-state index >= 15 is 0 Å². The normalized spacial score (nSPS) is 27.9. The molecule has 0 radical (unpaired) electrons. The number of nitrogens with zero attached hydrogens (tertiary/aromatic N) is 1. The minimum Gasteiger partial charge on any atom is -0.481 e. The van der Waals surface area contributed by atoms with Gasteiger partial charge in [0.25, 0.3) is 5.91 Å². The molecular weight excluding hydrogens is 346 g/mol. The maximum Gasteiger partial charge on any atom is 0.308 e. The number of carbonyl (C=O) groups excluding carboxylic acids is 1. The molecular formula is C14H13BrClNO3. The fourth-order valence-corrected chi connectivity index (χ4v) is 4.26. The summed E-state index contributed by atoms with van der Waals surface area (Å²) in [6.45, 7) is 0. The third-order valence-corrected chi connectivity index (χ3v) is 4.87. The number of hydrogen-bond acceptors (Lipinski definition) is 2. The van der Waals surface area contributed by atoms with Gasteiger partial charge in [0.15, 0.2) is 0 Å². The van der Waals surface area contributed by atoms with Crippen molar-refractivity contribution in [2.45, 2.75) is 31.3 Å². The lowest BCUT2D eigenvalue weighted by molar-refractivity contribution is -0.142. The molecule has 4 nitrogen and oxygen atoms in total. The van der Waals surface area contributed by atoms with Gasteiger partial charge in [0.05, 0.1) is 5.92 Å². The number of benzene rings is 1. The van der Waals surface area contributed by atoms with Gasteiger partial charge in [-0.1, -0.05) is 27.5 Å². The number of rotatable bonds is 2. The van der Waals surface area contributed by atoms with Crippen molar-refractivity contribution in [2.24, 2.45) is 5.92 Å². The second-order valence-electron chi connectivity index (χ2n) is 5.35. The van der Waals surface area contributed by atoms with Gasteiger partial charge in [-0.3, -0.25) is 9.59 Å². The maximum atomic E-state index is 12.6. The molecule has 2 fully saturated rings. The Labute approximate surface area is 129 Å². The van der Waals surface area contributed by atoms with E-state index in [1.165, 1.54) is 0 Å². The van der Waals surface area contributed by atoms with Crippen LogP contribution in [0.3, 0.4) is 0 Å². The van der Waals surface area contributed by atoms with Gasteiger partial charge < -0.3 is 10.0 Å². The Balaban J connectivity index is 1.90. The van der Waals surface area contributed by atoms with Gasteiger partial charge >= 0.3 is 5.97 Å². The molecule has 3 atom stereocenters. The molecule has 2 bridgehead atoms. The minimum atomic E-state index is -0.803. The highest BCUT2D eigenvalue weighted by atomic mass is 79.9. The SMILES string of the molecule is O=C(O)C1CC2CCC1N2C(=O)c1cc(Cl)cc(Br)c1. The van der Waals surface area contributed by atoms with E-state index in [1.54, 1.807) is 23.1 Å². The minimum absolute atomic E-state index is 0.0476. The molecule has 1 amide bonds. The van der Waals surface area contributed by atoms with E-state index in [9.17, 15) is 14.7 Å². The molecule has 6 heteroatoms. The summed E-state index contributed by atoms with van der Waals surface area (Å²) in [5.41, 5.74) is 0.507. The average molecular weight is 359 g/mol. The predicted molar refractivity (Wildman–Crippen MR) is 77.9 cm³/mol. The standard InChI is InChI=1S/C14H13BrClNO3/c15-8-3-7(4-9(16)5-8)13(18)17-10-1-2-12(17)11(6-10)14(19)20/h3-5,10-12H,1-2,6H2,(H,19,20). The predicted octanol–water partition coefficient (Wildman–Crippen LogP) is 3.18. The van der Waals surface area contributed by atoms with Gasteiger partial charge in [-0.15, -0.1) is 0 Å². The van der Waals surface area contributed by atoms with Crippen LogP contribution < -0.4 is 0 Å². The summed E-state index contributed by atoms with van der Waals surface area (Å²) in [7, 11) is 0. The zero-order chi connectivity index (χ0) is 14.4. The summed E-state index contributed by atoms with van der Waals surface area (Å²) < 4.78 is 0.745. The van der Waals surface area contributed by atoms with E-state index in [0.29, 0.717) is 17.0 Å². The molecule has 3 unspecified atom stereocenters. The van der Waals surface area contributed by atoms with Crippen molar-refractivity contribution in [1.82, 2.24) is 4.90 Å². The van der Waals surface area contributed by atoms with Gasteiger partial charge in [0.2, 0.25) is 0 Å². The number of fused-ring (bicyclic) bond motifs is 2. The first-order valence-corrected chi connectivity index (χ1v) is 7.66. The zero-order valence-electron chi connectivity index (χ0n) is 10.6. The zero-order valence-corrected chi connectivity index (χ0v) is 12.9. The molecule has 0 aromatic heterocycles. The van der Waals surface area contributed by atoms with E-state index in [2.05, 4.69) is 15.9 Å². The van der Waals surface area contributed by atoms with Crippen molar-refractivity contribution in [1.29, 1.82) is 0 Å². The van der Waals surface area contributed by atoms with E-state index in [1.807, 2.05) is 0 Å². The van der Waals surface area contributed by atoms with Crippen LogP contribution in [0, 0.1) is 5.92 Å². The quantitative estimate of drug-likeness (QED) is 0.883. The molecule has 2 aliphatic rings. The van der Waals surface area contributed by atoms with Gasteiger partial charge in [0, 0.05) is 27.1 Å². The molecule has 0 saturated carbocycles. The summed E-state index contributed by atoms with van der Waals surface area (Å²) in [6.07, 6.45) is 2.23. The van der Waals surface area contributed by atoms with Crippen LogP contribution >= 0.6 is 27.5 Å². The van der Waals surface area contributed by atoms with Crippen molar-refractivity contribution in [3.8, 4) is 0 Å². The first-order valence-electron chi connectivity index (χ1n) is 6.49. The number of carboxylic acids is 1. The van der Waals surface area contributed by atoms with Gasteiger partial charge in [-0.05, 0) is 37.5 Å². The average Bonchev–Trinajstić information content (AvgIpc) is 2.94. The highest BCUT2D eigenvalue weighted by Crippen LogP contribution is 2.42. The molecule has 106 valence electrons. The molecule has 0 aliphatic carbocycles. The van der Waals surface area contributed by atoms with Crippen molar-refractivity contribution in [3.63, 3.8) is 0 Å². The highest BCUT2D eigenvalue weighted by Gasteiger charge is 2.51. The molecule has 1 aromatic rings. The van der Waals surface area contributed by atoms with Crippen molar-refractivity contribution in [2.75, 3.05) is 0 Å². The van der Waals surface area contributed by atoms with Crippen LogP contribution in [-0.4, -0.2) is 34.0 Å². The number of amides is 1. The fourth-order valence-electron chi connectivity index (χ4n) is 3.40. The Morgan fingerprint density at radius 3 is 2.65 bits per heavy atom. The third kappa shape index (κ3) is 2.23. The second kappa shape index (κ2) is 5.04. The van der Waals surface area contributed by atoms with Crippen LogP contribution in [0.4, 0.5) is 0 Å². The molecule has 1 aromatic carbocycles. The Kier molecular flexibility index (Phi) is 3.50. The maximum absolute atomic E-state index is 12.6. The number of hydrogen-bond donors (Lipinski definition) is 1. The molecule has 2 heterocycles. The molecule has 3 rings (SSSR count). The summed E-state index contributed by atoms with van der Waals surface area (Å²) in [5.74, 6) is -1.35. The monoisotopic (exact) mass is 357 g/mol. The lowest BCUT2D eigenvalue weighted by atomic mass is 9.89. The Hall–Kier alpha value is -1.07. The van der Waals surface area contributed by atoms with E-state index < -0.39 is 11.9 Å². The number of carbonyl (C=O) groups is 2. The lowest BCUT2D eigenvalue weighted by Crippen LogP contribution is -2.37. The van der Waals surface area contributed by atoms with Crippen molar-refractivity contribution < 1.29 is 14.7 Å². The number of carboxylic acid groups (broad SMARTS) is 1. The van der Waals surface area contributed by atoms with E-state index in [-0.39, 0.29) is 18.0 Å². The van der Waals surface area contributed by atoms with E-state index in [0.717, 1.165) is 17.3 Å². The Morgan fingerprint density at radius 1 is 1.30 bits per heavy atom.